The van der Waals surface area contributed by atoms with Crippen molar-refractivity contribution in [1.82, 2.24) is 9.55 Å². The van der Waals surface area contributed by atoms with Gasteiger partial charge in [-0.15, -0.1) is 0 Å². The van der Waals surface area contributed by atoms with E-state index >= 15 is 0 Å². The maximum absolute atomic E-state index is 4.01. The molecule has 0 radical (unpaired) electrons. The van der Waals surface area contributed by atoms with Crippen LogP contribution in [0.25, 0.3) is 21.8 Å². The van der Waals surface area contributed by atoms with E-state index < -0.39 is 0 Å². The van der Waals surface area contributed by atoms with Crippen molar-refractivity contribution in [2.45, 2.75) is 103 Å². The van der Waals surface area contributed by atoms with Crippen molar-refractivity contribution < 1.29 is 0 Å². The smallest absolute Gasteiger partial charge is 0.0816 e. The fraction of sp³-hybridized carbons (Fsp3) is 0.364. The molecule has 236 valence electrons. The summed E-state index contributed by atoms with van der Waals surface area (Å²) in [5.41, 5.74) is 14.4. The van der Waals surface area contributed by atoms with Gasteiger partial charge in [0.2, 0.25) is 0 Å². The van der Waals surface area contributed by atoms with Crippen LogP contribution in [0.3, 0.4) is 0 Å². The van der Waals surface area contributed by atoms with Gasteiger partial charge in [0.15, 0.2) is 0 Å². The van der Waals surface area contributed by atoms with Crippen LogP contribution in [-0.2, 0) is 30.1 Å². The summed E-state index contributed by atoms with van der Waals surface area (Å²) >= 11 is 0. The summed E-state index contributed by atoms with van der Waals surface area (Å²) in [6.45, 7) is 18.5. The first kappa shape index (κ1) is 30.6. The summed E-state index contributed by atoms with van der Waals surface area (Å²) in [7, 11) is 0. The summed E-state index contributed by atoms with van der Waals surface area (Å²) in [6, 6.07) is 37.4. The molecule has 0 bridgehead atoms. The third-order valence-electron chi connectivity index (χ3n) is 10.7. The number of nitrogens with one attached hydrogen (secondary N) is 1. The Morgan fingerprint density at radius 1 is 0.630 bits per heavy atom. The van der Waals surface area contributed by atoms with Crippen molar-refractivity contribution in [3.8, 4) is 0 Å². The Bertz CT molecular complexity index is 2000. The molecule has 6 aromatic rings. The lowest BCUT2D eigenvalue weighted by Gasteiger charge is -2.29. The van der Waals surface area contributed by atoms with Crippen LogP contribution < -0.4 is 0 Å². The van der Waals surface area contributed by atoms with E-state index in [4.69, 9.17) is 0 Å². The number of para-hydroxylation sites is 2. The maximum atomic E-state index is 4.01. The Kier molecular flexibility index (Phi) is 7.54. The molecule has 7 rings (SSSR count). The second kappa shape index (κ2) is 11.3. The van der Waals surface area contributed by atoms with E-state index in [0.29, 0.717) is 11.8 Å². The van der Waals surface area contributed by atoms with Crippen molar-refractivity contribution >= 4 is 21.8 Å². The van der Waals surface area contributed by atoms with Gasteiger partial charge in [-0.25, -0.2) is 0 Å². The number of H-pyrrole nitrogens is 1. The lowest BCUT2D eigenvalue weighted by atomic mass is 9.75. The summed E-state index contributed by atoms with van der Waals surface area (Å²) in [4.78, 5) is 4.01. The molecule has 0 amide bonds. The lowest BCUT2D eigenvalue weighted by molar-refractivity contribution is 0.487. The van der Waals surface area contributed by atoms with E-state index in [0.717, 1.165) is 19.3 Å². The van der Waals surface area contributed by atoms with E-state index in [1.54, 1.807) is 0 Å². The first-order valence-electron chi connectivity index (χ1n) is 17.4. The average molecular weight is 607 g/mol. The van der Waals surface area contributed by atoms with Crippen LogP contribution in [0.15, 0.2) is 97.1 Å². The molecule has 0 unspecified atom stereocenters. The Balaban J connectivity index is 1.50. The standard InChI is InChI=1S/C44H50N2/c1-9-32-34-15-11-13-17-37(34)45-40(32)42-39(29-21-25-31(26-22-29)44(6,7)8)36(27-28-19-23-30(24-20-28)43(3,4)5)41-33(10-2)35-16-12-14-18-38(35)46(41)42/h11-26,36,39,42,45H,9-10,27H2,1-8H3/t36-,39-,42-/m1/s1. The monoisotopic (exact) mass is 606 g/mol. The molecule has 1 N–H and O–H groups in total. The minimum atomic E-state index is 0.116. The van der Waals surface area contributed by atoms with E-state index in [2.05, 4.69) is 162 Å². The molecule has 3 heterocycles. The molecular weight excluding hydrogens is 556 g/mol. The van der Waals surface area contributed by atoms with Crippen molar-refractivity contribution in [3.05, 3.63) is 142 Å². The predicted molar refractivity (Wildman–Crippen MR) is 197 cm³/mol. The summed E-state index contributed by atoms with van der Waals surface area (Å²) in [6.07, 6.45) is 3.04. The number of fused-ring (bicyclic) bond motifs is 4. The van der Waals surface area contributed by atoms with Crippen LogP contribution in [-0.4, -0.2) is 9.55 Å². The van der Waals surface area contributed by atoms with Gasteiger partial charge < -0.3 is 9.55 Å². The minimum Gasteiger partial charge on any atom is -0.356 e. The van der Waals surface area contributed by atoms with Crippen LogP contribution in [0, 0.1) is 0 Å². The van der Waals surface area contributed by atoms with Gasteiger partial charge in [-0.2, -0.15) is 0 Å². The molecule has 2 heteroatoms. The third kappa shape index (κ3) is 5.02. The van der Waals surface area contributed by atoms with Crippen molar-refractivity contribution in [2.24, 2.45) is 0 Å². The van der Waals surface area contributed by atoms with Crippen molar-refractivity contribution in [2.75, 3.05) is 0 Å². The SMILES string of the molecule is CCc1c([C@H]2[C@H](c3ccc(C(C)(C)C)cc3)[C@@H](Cc3ccc(C(C)(C)C)cc3)c3c(CC)c4ccccc4n32)[nH]c2ccccc12. The Morgan fingerprint density at radius 3 is 1.80 bits per heavy atom. The highest BCUT2D eigenvalue weighted by atomic mass is 15.1. The average Bonchev–Trinajstić information content (AvgIpc) is 3.67. The third-order valence-corrected chi connectivity index (χ3v) is 10.7. The summed E-state index contributed by atoms with van der Waals surface area (Å²) in [5, 5.41) is 2.77. The molecule has 0 fully saturated rings. The molecule has 0 saturated heterocycles. The van der Waals surface area contributed by atoms with Gasteiger partial charge in [-0.1, -0.05) is 140 Å². The van der Waals surface area contributed by atoms with E-state index in [9.17, 15) is 0 Å². The van der Waals surface area contributed by atoms with Gasteiger partial charge in [0, 0.05) is 45.0 Å². The van der Waals surface area contributed by atoms with Crippen LogP contribution >= 0.6 is 0 Å². The van der Waals surface area contributed by atoms with Gasteiger partial charge in [-0.05, 0) is 75.6 Å². The molecule has 1 aliphatic heterocycles. The Morgan fingerprint density at radius 2 is 1.20 bits per heavy atom. The van der Waals surface area contributed by atoms with Crippen LogP contribution in [0.5, 0.6) is 0 Å². The van der Waals surface area contributed by atoms with Crippen molar-refractivity contribution in [3.63, 3.8) is 0 Å². The lowest BCUT2D eigenvalue weighted by Crippen LogP contribution is -2.19. The summed E-state index contributed by atoms with van der Waals surface area (Å²) < 4.78 is 2.76. The summed E-state index contributed by atoms with van der Waals surface area (Å²) in [5.74, 6) is 0.629. The van der Waals surface area contributed by atoms with Gasteiger partial charge in [0.05, 0.1) is 6.04 Å². The largest absolute Gasteiger partial charge is 0.356 e. The highest BCUT2D eigenvalue weighted by molar-refractivity contribution is 5.88. The number of hydrogen-bond acceptors (Lipinski definition) is 0. The van der Waals surface area contributed by atoms with Gasteiger partial charge in [0.1, 0.15) is 0 Å². The van der Waals surface area contributed by atoms with E-state index in [-0.39, 0.29) is 16.9 Å². The molecule has 0 spiro atoms. The van der Waals surface area contributed by atoms with E-state index in [1.165, 1.54) is 66.6 Å². The van der Waals surface area contributed by atoms with E-state index in [1.807, 2.05) is 0 Å². The van der Waals surface area contributed by atoms with Crippen LogP contribution in [0.4, 0.5) is 0 Å². The Labute approximate surface area is 275 Å². The zero-order chi connectivity index (χ0) is 32.4. The number of aryl methyl sites for hydroxylation is 2. The molecule has 2 aromatic heterocycles. The zero-order valence-electron chi connectivity index (χ0n) is 29.0. The van der Waals surface area contributed by atoms with Gasteiger partial charge in [0.25, 0.3) is 0 Å². The first-order valence-corrected chi connectivity index (χ1v) is 17.4. The van der Waals surface area contributed by atoms with Gasteiger partial charge >= 0.3 is 0 Å². The number of rotatable bonds is 6. The normalized spacial score (nSPS) is 18.5. The molecule has 1 aliphatic rings. The number of aromatic amines is 1. The van der Waals surface area contributed by atoms with Crippen LogP contribution in [0.1, 0.15) is 118 Å². The maximum Gasteiger partial charge on any atom is 0.0816 e. The number of benzene rings is 4. The number of aromatic nitrogens is 2. The predicted octanol–water partition coefficient (Wildman–Crippen LogP) is 11.6. The van der Waals surface area contributed by atoms with Crippen LogP contribution in [0.2, 0.25) is 0 Å². The number of hydrogen-bond donors (Lipinski definition) is 1. The van der Waals surface area contributed by atoms with Crippen molar-refractivity contribution in [1.29, 1.82) is 0 Å². The molecule has 46 heavy (non-hydrogen) atoms. The molecule has 2 nitrogen and oxygen atoms in total. The Hall–Kier alpha value is -4.04. The molecule has 4 aromatic carbocycles. The topological polar surface area (TPSA) is 20.7 Å². The number of nitrogens with zero attached hydrogens (tertiary/aromatic N) is 1. The fourth-order valence-electron chi connectivity index (χ4n) is 8.38. The highest BCUT2D eigenvalue weighted by Crippen LogP contribution is 2.56. The first-order chi connectivity index (χ1) is 22.0. The quantitative estimate of drug-likeness (QED) is 0.195. The minimum absolute atomic E-state index is 0.116. The molecular formula is C44H50N2. The van der Waals surface area contributed by atoms with Gasteiger partial charge in [-0.3, -0.25) is 0 Å². The second-order valence-corrected chi connectivity index (χ2v) is 15.6. The fourth-order valence-corrected chi connectivity index (χ4v) is 8.38. The second-order valence-electron chi connectivity index (χ2n) is 15.6. The zero-order valence-corrected chi connectivity index (χ0v) is 29.0. The molecule has 0 saturated carbocycles. The highest BCUT2D eigenvalue weighted by Gasteiger charge is 2.46. The molecule has 3 atom stereocenters. The molecule has 0 aliphatic carbocycles.